The Balaban J connectivity index is 3.09. The van der Waals surface area contributed by atoms with Crippen LogP contribution in [-0.2, 0) is 0 Å². The predicted molar refractivity (Wildman–Crippen MR) is 70.4 cm³/mol. The van der Waals surface area contributed by atoms with Crippen molar-refractivity contribution < 1.29 is 0 Å². The van der Waals surface area contributed by atoms with Gasteiger partial charge in [-0.25, -0.2) is 4.99 Å². The zero-order chi connectivity index (χ0) is 12.3. The van der Waals surface area contributed by atoms with Gasteiger partial charge in [0.2, 0.25) is 0 Å². The van der Waals surface area contributed by atoms with E-state index in [4.69, 9.17) is 17.5 Å². The molecule has 0 saturated carbocycles. The lowest BCUT2D eigenvalue weighted by Gasteiger charge is -2.30. The molecule has 0 aromatic heterocycles. The molecule has 4 heteroatoms. The molecule has 1 rings (SSSR count). The monoisotopic (exact) mass is 235 g/mol. The molecule has 0 aromatic carbocycles. The Morgan fingerprint density at radius 2 is 2.06 bits per heavy atom. The molecular formula is C12H17N3S. The fourth-order valence-electron chi connectivity index (χ4n) is 1.71. The quantitative estimate of drug-likeness (QED) is 0.419. The van der Waals surface area contributed by atoms with E-state index in [1.165, 1.54) is 0 Å². The summed E-state index contributed by atoms with van der Waals surface area (Å²) < 4.78 is 0. The summed E-state index contributed by atoms with van der Waals surface area (Å²) in [4.78, 5) is 6.95. The van der Waals surface area contributed by atoms with E-state index in [9.17, 15) is 0 Å². The normalized spacial score (nSPS) is 20.1. The fraction of sp³-hybridized carbons (Fsp3) is 0.583. The molecule has 1 aliphatic carbocycles. The van der Waals surface area contributed by atoms with E-state index in [2.05, 4.69) is 24.9 Å². The Morgan fingerprint density at radius 1 is 1.44 bits per heavy atom. The first-order valence-corrected chi connectivity index (χ1v) is 5.63. The fourth-order valence-corrected chi connectivity index (χ4v) is 2.26. The number of nitriles is 1. The number of hydrogen-bond acceptors (Lipinski definition) is 3. The Hall–Kier alpha value is -1.21. The molecule has 0 amide bonds. The molecule has 1 aliphatic rings. The Kier molecular flexibility index (Phi) is 3.82. The van der Waals surface area contributed by atoms with Crippen molar-refractivity contribution in [3.8, 4) is 6.07 Å². The van der Waals surface area contributed by atoms with Crippen LogP contribution in [0, 0.1) is 16.7 Å². The van der Waals surface area contributed by atoms with Crippen LogP contribution < -0.4 is 0 Å². The van der Waals surface area contributed by atoms with Gasteiger partial charge >= 0.3 is 0 Å². The van der Waals surface area contributed by atoms with Crippen LogP contribution in [0.25, 0.3) is 0 Å². The van der Waals surface area contributed by atoms with Gasteiger partial charge < -0.3 is 4.90 Å². The highest BCUT2D eigenvalue weighted by atomic mass is 32.1. The largest absolute Gasteiger partial charge is 0.369 e. The van der Waals surface area contributed by atoms with Gasteiger partial charge in [-0.2, -0.15) is 5.26 Å². The van der Waals surface area contributed by atoms with Crippen molar-refractivity contribution >= 4 is 23.4 Å². The van der Waals surface area contributed by atoms with Gasteiger partial charge in [-0.15, -0.1) is 0 Å². The Bertz CT molecular complexity index is 397. The van der Waals surface area contributed by atoms with Crippen LogP contribution in [0.2, 0.25) is 0 Å². The van der Waals surface area contributed by atoms with Crippen molar-refractivity contribution in [3.63, 3.8) is 0 Å². The van der Waals surface area contributed by atoms with Crippen molar-refractivity contribution in [2.75, 3.05) is 14.1 Å². The first kappa shape index (κ1) is 12.9. The van der Waals surface area contributed by atoms with Crippen molar-refractivity contribution in [1.29, 1.82) is 5.26 Å². The minimum atomic E-state index is 0.108. The molecule has 16 heavy (non-hydrogen) atoms. The van der Waals surface area contributed by atoms with Crippen molar-refractivity contribution in [1.82, 2.24) is 4.90 Å². The van der Waals surface area contributed by atoms with E-state index in [1.54, 1.807) is 6.34 Å². The smallest absolute Gasteiger partial charge is 0.102 e. The van der Waals surface area contributed by atoms with Crippen molar-refractivity contribution in [2.45, 2.75) is 26.7 Å². The first-order valence-electron chi connectivity index (χ1n) is 5.23. The summed E-state index contributed by atoms with van der Waals surface area (Å²) in [5.74, 6) is 0. The maximum atomic E-state index is 9.08. The molecule has 0 atom stereocenters. The lowest BCUT2D eigenvalue weighted by Crippen LogP contribution is -2.24. The average molecular weight is 235 g/mol. The summed E-state index contributed by atoms with van der Waals surface area (Å²) in [6.45, 7) is 4.30. The molecule has 0 spiro atoms. The van der Waals surface area contributed by atoms with E-state index in [1.807, 2.05) is 19.0 Å². The number of hydrogen-bond donors (Lipinski definition) is 0. The van der Waals surface area contributed by atoms with Crippen LogP contribution in [0.4, 0.5) is 0 Å². The van der Waals surface area contributed by atoms with Crippen molar-refractivity contribution in [3.05, 3.63) is 11.3 Å². The van der Waals surface area contributed by atoms with E-state index in [0.29, 0.717) is 5.57 Å². The highest BCUT2D eigenvalue weighted by Crippen LogP contribution is 2.37. The molecule has 0 N–H and O–H groups in total. The highest BCUT2D eigenvalue weighted by molar-refractivity contribution is 7.80. The van der Waals surface area contributed by atoms with Crippen LogP contribution in [0.15, 0.2) is 16.3 Å². The third-order valence-corrected chi connectivity index (χ3v) is 2.76. The second kappa shape index (κ2) is 4.75. The first-order chi connectivity index (χ1) is 7.35. The van der Waals surface area contributed by atoms with Gasteiger partial charge in [-0.05, 0) is 18.3 Å². The van der Waals surface area contributed by atoms with E-state index in [0.717, 1.165) is 23.4 Å². The molecule has 0 unspecified atom stereocenters. The number of nitrogens with zero attached hydrogens (tertiary/aromatic N) is 3. The van der Waals surface area contributed by atoms with Gasteiger partial charge in [-0.1, -0.05) is 26.1 Å². The summed E-state index contributed by atoms with van der Waals surface area (Å²) in [5, 5.41) is 9.08. The second-order valence-electron chi connectivity index (χ2n) is 5.08. The topological polar surface area (TPSA) is 39.4 Å². The van der Waals surface area contributed by atoms with Gasteiger partial charge in [0.15, 0.2) is 0 Å². The van der Waals surface area contributed by atoms with E-state index < -0.39 is 0 Å². The highest BCUT2D eigenvalue weighted by Gasteiger charge is 2.30. The minimum absolute atomic E-state index is 0.108. The summed E-state index contributed by atoms with van der Waals surface area (Å²) in [5.41, 5.74) is 1.51. The third kappa shape index (κ3) is 3.14. The molecule has 0 heterocycles. The lowest BCUT2D eigenvalue weighted by molar-refractivity contribution is 0.372. The molecule has 0 fully saturated rings. The Labute approximate surface area is 102 Å². The Morgan fingerprint density at radius 3 is 2.56 bits per heavy atom. The zero-order valence-electron chi connectivity index (χ0n) is 10.2. The molecule has 0 aliphatic heterocycles. The molecule has 0 radical (unpaired) electrons. The van der Waals surface area contributed by atoms with Gasteiger partial charge in [0.25, 0.3) is 0 Å². The van der Waals surface area contributed by atoms with Crippen LogP contribution in [-0.4, -0.2) is 30.2 Å². The third-order valence-electron chi connectivity index (χ3n) is 2.41. The number of thiocarbonyl (C=S) groups is 1. The van der Waals surface area contributed by atoms with E-state index >= 15 is 0 Å². The molecule has 0 saturated heterocycles. The number of allylic oxidation sites excluding steroid dienone is 2. The van der Waals surface area contributed by atoms with Gasteiger partial charge in [0.1, 0.15) is 6.07 Å². The van der Waals surface area contributed by atoms with Crippen LogP contribution in [0.3, 0.4) is 0 Å². The zero-order valence-corrected chi connectivity index (χ0v) is 11.1. The summed E-state index contributed by atoms with van der Waals surface area (Å²) >= 11 is 5.26. The summed E-state index contributed by atoms with van der Waals surface area (Å²) in [6.07, 6.45) is 3.32. The SMILES string of the molecule is CN(C)C=NC1=C(C#N)C(=S)CC(C)(C)C1. The maximum absolute atomic E-state index is 9.08. The molecule has 0 bridgehead atoms. The lowest BCUT2D eigenvalue weighted by atomic mass is 9.77. The maximum Gasteiger partial charge on any atom is 0.102 e. The predicted octanol–water partition coefficient (Wildman–Crippen LogP) is 2.54. The molecule has 86 valence electrons. The standard InChI is InChI=1S/C12H17N3S/c1-12(2)5-10(14-8-15(3)4)9(7-13)11(16)6-12/h8H,5-6H2,1-4H3. The van der Waals surface area contributed by atoms with Crippen LogP contribution >= 0.6 is 12.2 Å². The molecular weight excluding hydrogens is 218 g/mol. The molecule has 0 aromatic rings. The van der Waals surface area contributed by atoms with Crippen molar-refractivity contribution in [2.24, 2.45) is 10.4 Å². The van der Waals surface area contributed by atoms with E-state index in [-0.39, 0.29) is 5.41 Å². The van der Waals surface area contributed by atoms with Gasteiger partial charge in [0.05, 0.1) is 17.6 Å². The van der Waals surface area contributed by atoms with Crippen LogP contribution in [0.5, 0.6) is 0 Å². The summed E-state index contributed by atoms with van der Waals surface area (Å²) in [7, 11) is 3.81. The van der Waals surface area contributed by atoms with Gasteiger partial charge in [0, 0.05) is 19.0 Å². The van der Waals surface area contributed by atoms with Gasteiger partial charge in [-0.3, -0.25) is 0 Å². The number of aliphatic imine (C=N–C) groups is 1. The van der Waals surface area contributed by atoms with Crippen LogP contribution in [0.1, 0.15) is 26.7 Å². The number of rotatable bonds is 2. The second-order valence-corrected chi connectivity index (χ2v) is 5.58. The minimum Gasteiger partial charge on any atom is -0.369 e. The summed E-state index contributed by atoms with van der Waals surface area (Å²) in [6, 6.07) is 2.17. The average Bonchev–Trinajstić information content (AvgIpc) is 2.12. The molecule has 3 nitrogen and oxygen atoms in total.